The van der Waals surface area contributed by atoms with Gasteiger partial charge in [0.2, 0.25) is 5.91 Å². The zero-order valence-electron chi connectivity index (χ0n) is 25.7. The molecule has 1 aliphatic heterocycles. The molecule has 3 rings (SSSR count). The van der Waals surface area contributed by atoms with Crippen LogP contribution in [0.1, 0.15) is 70.6 Å². The monoisotopic (exact) mass is 574 g/mol. The third-order valence-electron chi connectivity index (χ3n) is 7.74. The Morgan fingerprint density at radius 2 is 2.07 bits per heavy atom. The molecule has 2 atom stereocenters. The predicted molar refractivity (Wildman–Crippen MR) is 171 cm³/mol. The number of aliphatic imine (C=N–C) groups is 1. The van der Waals surface area contributed by atoms with E-state index < -0.39 is 5.91 Å². The molecule has 2 unspecified atom stereocenters. The van der Waals surface area contributed by atoms with Gasteiger partial charge in [0.15, 0.2) is 0 Å². The van der Waals surface area contributed by atoms with Gasteiger partial charge >= 0.3 is 0 Å². The summed E-state index contributed by atoms with van der Waals surface area (Å²) >= 11 is 0. The Balaban J connectivity index is 1.74. The van der Waals surface area contributed by atoms with Gasteiger partial charge in [0.1, 0.15) is 0 Å². The molecule has 2 aromatic rings. The largest absolute Gasteiger partial charge is 0.404 e. The van der Waals surface area contributed by atoms with Crippen molar-refractivity contribution in [3.8, 4) is 0 Å². The Morgan fingerprint density at radius 1 is 1.29 bits per heavy atom. The lowest BCUT2D eigenvalue weighted by molar-refractivity contribution is -0.117. The second-order valence-corrected chi connectivity index (χ2v) is 10.8. The summed E-state index contributed by atoms with van der Waals surface area (Å²) in [7, 11) is 1.87. The van der Waals surface area contributed by atoms with E-state index in [-0.39, 0.29) is 23.4 Å². The number of anilines is 2. The Bertz CT molecular complexity index is 1340. The van der Waals surface area contributed by atoms with Gasteiger partial charge in [-0.25, -0.2) is 0 Å². The van der Waals surface area contributed by atoms with Crippen molar-refractivity contribution in [3.05, 3.63) is 66.5 Å². The Morgan fingerprint density at radius 3 is 2.71 bits per heavy atom. The molecule has 1 aliphatic rings. The molecule has 10 heteroatoms. The van der Waals surface area contributed by atoms with Crippen LogP contribution in [0.25, 0.3) is 5.57 Å². The number of aryl methyl sites for hydroxylation is 2. The van der Waals surface area contributed by atoms with Gasteiger partial charge in [0.25, 0.3) is 5.91 Å². The fourth-order valence-electron chi connectivity index (χ4n) is 5.05. The summed E-state index contributed by atoms with van der Waals surface area (Å²) in [4.78, 5) is 37.6. The molecule has 2 amide bonds. The first-order valence-electron chi connectivity index (χ1n) is 14.8. The predicted octanol–water partition coefficient (Wildman–Crippen LogP) is 5.21. The van der Waals surface area contributed by atoms with Crippen molar-refractivity contribution >= 4 is 34.5 Å². The third-order valence-corrected chi connectivity index (χ3v) is 7.74. The van der Waals surface area contributed by atoms with Crippen LogP contribution in [0.15, 0.2) is 60.3 Å². The number of nitrogens with zero attached hydrogens (tertiary/aromatic N) is 5. The maximum atomic E-state index is 13.3. The highest BCUT2D eigenvalue weighted by molar-refractivity contribution is 6.29. The van der Waals surface area contributed by atoms with E-state index in [0.717, 1.165) is 56.3 Å². The zero-order chi connectivity index (χ0) is 30.6. The molecule has 4 N–H and O–H groups in total. The van der Waals surface area contributed by atoms with E-state index >= 15 is 0 Å². The van der Waals surface area contributed by atoms with Crippen LogP contribution < -0.4 is 16.4 Å². The first-order chi connectivity index (χ1) is 20.2. The van der Waals surface area contributed by atoms with E-state index in [0.29, 0.717) is 29.2 Å². The summed E-state index contributed by atoms with van der Waals surface area (Å²) in [6.45, 7) is 14.1. The molecule has 2 aromatic heterocycles. The number of aromatic nitrogens is 3. The zero-order valence-corrected chi connectivity index (χ0v) is 25.7. The Hall–Kier alpha value is -4.05. The number of allylic oxidation sites excluding steroid dienone is 2. The van der Waals surface area contributed by atoms with Crippen molar-refractivity contribution in [1.29, 1.82) is 0 Å². The number of likely N-dealkylation sites (tertiary alicyclic amines) is 1. The summed E-state index contributed by atoms with van der Waals surface area (Å²) in [5.41, 5.74) is 9.95. The summed E-state index contributed by atoms with van der Waals surface area (Å²) in [5.74, 6) is -0.294. The van der Waals surface area contributed by atoms with Gasteiger partial charge in [-0.2, -0.15) is 5.10 Å². The van der Waals surface area contributed by atoms with Crippen molar-refractivity contribution in [3.63, 3.8) is 0 Å². The van der Waals surface area contributed by atoms with E-state index in [1.54, 1.807) is 36.3 Å². The molecule has 0 bridgehead atoms. The smallest absolute Gasteiger partial charge is 0.259 e. The number of hydrogen-bond acceptors (Lipinski definition) is 7. The first-order valence-corrected chi connectivity index (χ1v) is 14.8. The van der Waals surface area contributed by atoms with Crippen LogP contribution in [-0.4, -0.2) is 56.3 Å². The average molecular weight is 575 g/mol. The topological polar surface area (TPSA) is 131 Å². The number of nitrogens with two attached hydrogens (primary N) is 1. The fourth-order valence-corrected chi connectivity index (χ4v) is 5.05. The van der Waals surface area contributed by atoms with Crippen molar-refractivity contribution in [2.24, 2.45) is 23.7 Å². The molecular weight excluding hydrogens is 528 g/mol. The van der Waals surface area contributed by atoms with Crippen LogP contribution in [0.2, 0.25) is 0 Å². The van der Waals surface area contributed by atoms with Crippen molar-refractivity contribution in [1.82, 2.24) is 19.7 Å². The minimum absolute atomic E-state index is 0.0625. The molecule has 0 saturated carbocycles. The van der Waals surface area contributed by atoms with E-state index in [2.05, 4.69) is 58.0 Å². The van der Waals surface area contributed by atoms with Gasteiger partial charge in [0, 0.05) is 43.7 Å². The minimum Gasteiger partial charge on any atom is -0.404 e. The molecule has 10 nitrogen and oxygen atoms in total. The molecule has 1 saturated heterocycles. The number of rotatable bonds is 14. The molecule has 42 heavy (non-hydrogen) atoms. The van der Waals surface area contributed by atoms with Crippen LogP contribution in [0.3, 0.4) is 0 Å². The molecule has 3 heterocycles. The lowest BCUT2D eigenvalue weighted by atomic mass is 9.95. The van der Waals surface area contributed by atoms with E-state index in [1.807, 2.05) is 13.2 Å². The normalized spacial score (nSPS) is 17.3. The molecule has 226 valence electrons. The Labute approximate surface area is 249 Å². The van der Waals surface area contributed by atoms with Crippen molar-refractivity contribution in [2.75, 3.05) is 23.7 Å². The molecular formula is C32H46N8O2. The van der Waals surface area contributed by atoms with Gasteiger partial charge in [-0.1, -0.05) is 33.8 Å². The van der Waals surface area contributed by atoms with Gasteiger partial charge < -0.3 is 16.4 Å². The van der Waals surface area contributed by atoms with Crippen LogP contribution in [-0.2, 0) is 16.6 Å². The molecule has 0 aromatic carbocycles. The van der Waals surface area contributed by atoms with E-state index in [1.165, 1.54) is 12.3 Å². The summed E-state index contributed by atoms with van der Waals surface area (Å²) in [6.07, 6.45) is 15.6. The highest BCUT2D eigenvalue weighted by atomic mass is 16.2. The quantitative estimate of drug-likeness (QED) is 0.210. The number of hydrogen-bond donors (Lipinski definition) is 3. The number of carbonyl (C=O) groups is 2. The van der Waals surface area contributed by atoms with Crippen LogP contribution in [0.5, 0.6) is 0 Å². The molecule has 1 fully saturated rings. The number of unbranched alkanes of at least 4 members (excludes halogenated alkanes) is 1. The number of nitrogens with one attached hydrogen (secondary N) is 2. The SMILES string of the molecule is C=CC(=N\C=C(\c1cnn(C)c1)C(C)CC)/C(=C\N)C(=O)Nc1cc(NC(=O)CC2CCCN2CCCC)cnc1C. The van der Waals surface area contributed by atoms with E-state index in [4.69, 9.17) is 5.73 Å². The maximum Gasteiger partial charge on any atom is 0.259 e. The second-order valence-electron chi connectivity index (χ2n) is 10.8. The summed E-state index contributed by atoms with van der Waals surface area (Å²) in [6, 6.07) is 1.97. The maximum absolute atomic E-state index is 13.3. The summed E-state index contributed by atoms with van der Waals surface area (Å²) in [5, 5.41) is 10.1. The van der Waals surface area contributed by atoms with Gasteiger partial charge in [-0.15, -0.1) is 0 Å². The number of amides is 2. The van der Waals surface area contributed by atoms with E-state index in [9.17, 15) is 9.59 Å². The summed E-state index contributed by atoms with van der Waals surface area (Å²) < 4.78 is 1.74. The van der Waals surface area contributed by atoms with Gasteiger partial charge in [-0.05, 0) is 69.3 Å². The first kappa shape index (κ1) is 32.5. The molecule has 0 aliphatic carbocycles. The lowest BCUT2D eigenvalue weighted by Gasteiger charge is -2.23. The van der Waals surface area contributed by atoms with Crippen molar-refractivity contribution < 1.29 is 9.59 Å². The molecule has 0 spiro atoms. The standard InChI is InChI=1S/C32H46N8O2/c1-7-10-13-40-14-11-12-26(40)16-31(41)37-25-15-30(23(5)34-19-25)38-32(42)27(17-33)29(9-3)35-20-28(22(4)8-2)24-18-36-39(6)21-24/h9,15,17-22,26H,3,7-8,10-14,16,33H2,1-2,4-6H3,(H,37,41)(H,38,42)/b27-17+,28-20+,35-29+. The Kier molecular flexibility index (Phi) is 12.2. The number of carbonyl (C=O) groups excluding carboxylic acids is 2. The van der Waals surface area contributed by atoms with Gasteiger partial charge in [0.05, 0.1) is 40.7 Å². The fraction of sp³-hybridized carbons (Fsp3) is 0.469. The van der Waals surface area contributed by atoms with Crippen LogP contribution in [0, 0.1) is 12.8 Å². The second kappa shape index (κ2) is 15.8. The van der Waals surface area contributed by atoms with Gasteiger partial charge in [-0.3, -0.25) is 29.1 Å². The molecule has 0 radical (unpaired) electrons. The lowest BCUT2D eigenvalue weighted by Crippen LogP contribution is -2.33. The minimum atomic E-state index is -0.457. The highest BCUT2D eigenvalue weighted by Crippen LogP contribution is 2.26. The third kappa shape index (κ3) is 8.72. The van der Waals surface area contributed by atoms with Crippen molar-refractivity contribution in [2.45, 2.75) is 72.3 Å². The van der Waals surface area contributed by atoms with Crippen LogP contribution >= 0.6 is 0 Å². The highest BCUT2D eigenvalue weighted by Gasteiger charge is 2.26. The van der Waals surface area contributed by atoms with Crippen LogP contribution in [0.4, 0.5) is 11.4 Å². The number of pyridine rings is 1. The average Bonchev–Trinajstić information content (AvgIpc) is 3.61.